The molecular formula is C16H20F3N5O. The van der Waals surface area contributed by atoms with Gasteiger partial charge in [-0.05, 0) is 19.1 Å². The highest BCUT2D eigenvalue weighted by Crippen LogP contribution is 2.22. The van der Waals surface area contributed by atoms with Crippen LogP contribution in [0.5, 0.6) is 0 Å². The zero-order valence-corrected chi connectivity index (χ0v) is 13.9. The number of halogens is 3. The Hall–Kier alpha value is -2.00. The van der Waals surface area contributed by atoms with Gasteiger partial charge < -0.3 is 4.74 Å². The van der Waals surface area contributed by atoms with Gasteiger partial charge in [0, 0.05) is 43.5 Å². The lowest BCUT2D eigenvalue weighted by Gasteiger charge is -2.32. The summed E-state index contributed by atoms with van der Waals surface area (Å²) in [6, 6.07) is 3.43. The van der Waals surface area contributed by atoms with Crippen molar-refractivity contribution in [1.29, 1.82) is 0 Å². The van der Waals surface area contributed by atoms with Crippen LogP contribution in [-0.4, -0.2) is 63.2 Å². The van der Waals surface area contributed by atoms with Gasteiger partial charge in [-0.15, -0.1) is 0 Å². The molecule has 136 valence electrons. The standard InChI is InChI=1S/C16H20F3N5O/c1-12(23-6-8-25-9-7-23)10-14-21-15(13-2-4-20-5-3-13)22-24(14)11-16(17,18)19/h2-5,12H,6-11H2,1H3. The van der Waals surface area contributed by atoms with Crippen molar-refractivity contribution in [1.82, 2.24) is 24.6 Å². The van der Waals surface area contributed by atoms with E-state index < -0.39 is 12.7 Å². The average Bonchev–Trinajstić information content (AvgIpc) is 2.97. The normalized spacial score (nSPS) is 17.6. The van der Waals surface area contributed by atoms with E-state index in [0.29, 0.717) is 31.0 Å². The van der Waals surface area contributed by atoms with E-state index in [1.54, 1.807) is 24.5 Å². The summed E-state index contributed by atoms with van der Waals surface area (Å²) in [6.45, 7) is 3.67. The third-order valence-corrected chi connectivity index (χ3v) is 4.16. The average molecular weight is 355 g/mol. The van der Waals surface area contributed by atoms with E-state index in [-0.39, 0.29) is 11.9 Å². The monoisotopic (exact) mass is 355 g/mol. The van der Waals surface area contributed by atoms with Gasteiger partial charge in [-0.3, -0.25) is 9.88 Å². The number of pyridine rings is 1. The van der Waals surface area contributed by atoms with Crippen LogP contribution in [0.2, 0.25) is 0 Å². The fourth-order valence-electron chi connectivity index (χ4n) is 2.86. The Morgan fingerprint density at radius 2 is 1.88 bits per heavy atom. The largest absolute Gasteiger partial charge is 0.408 e. The number of rotatable bonds is 5. The van der Waals surface area contributed by atoms with Crippen LogP contribution in [0.3, 0.4) is 0 Å². The van der Waals surface area contributed by atoms with Crippen LogP contribution >= 0.6 is 0 Å². The van der Waals surface area contributed by atoms with E-state index in [4.69, 9.17) is 4.74 Å². The second-order valence-electron chi connectivity index (χ2n) is 6.06. The molecule has 6 nitrogen and oxygen atoms in total. The summed E-state index contributed by atoms with van der Waals surface area (Å²) >= 11 is 0. The van der Waals surface area contributed by atoms with Gasteiger partial charge in [-0.25, -0.2) is 9.67 Å². The number of hydrogen-bond acceptors (Lipinski definition) is 5. The third kappa shape index (κ3) is 4.76. The number of alkyl halides is 3. The van der Waals surface area contributed by atoms with Crippen molar-refractivity contribution in [3.05, 3.63) is 30.4 Å². The molecule has 0 amide bonds. The van der Waals surface area contributed by atoms with Crippen LogP contribution in [0.15, 0.2) is 24.5 Å². The number of hydrogen-bond donors (Lipinski definition) is 0. The molecule has 3 heterocycles. The van der Waals surface area contributed by atoms with Crippen LogP contribution in [0.4, 0.5) is 13.2 Å². The van der Waals surface area contributed by atoms with Crippen molar-refractivity contribution in [2.45, 2.75) is 32.1 Å². The molecule has 1 atom stereocenters. The molecule has 3 rings (SSSR count). The first-order valence-corrected chi connectivity index (χ1v) is 8.15. The van der Waals surface area contributed by atoms with Gasteiger partial charge in [-0.1, -0.05) is 0 Å². The summed E-state index contributed by atoms with van der Waals surface area (Å²) in [6.07, 6.45) is -0.819. The van der Waals surface area contributed by atoms with E-state index in [1.165, 1.54) is 0 Å². The zero-order valence-electron chi connectivity index (χ0n) is 13.9. The topological polar surface area (TPSA) is 56.1 Å². The molecule has 0 saturated carbocycles. The Labute approximate surface area is 143 Å². The highest BCUT2D eigenvalue weighted by molar-refractivity contribution is 5.53. The van der Waals surface area contributed by atoms with Gasteiger partial charge in [0.2, 0.25) is 0 Å². The molecule has 1 unspecified atom stereocenters. The molecule has 0 aromatic carbocycles. The first kappa shape index (κ1) is 17.8. The maximum Gasteiger partial charge on any atom is 0.408 e. The molecular weight excluding hydrogens is 335 g/mol. The van der Waals surface area contributed by atoms with E-state index in [0.717, 1.165) is 17.8 Å². The summed E-state index contributed by atoms with van der Waals surface area (Å²) < 4.78 is 45.0. The first-order valence-electron chi connectivity index (χ1n) is 8.15. The van der Waals surface area contributed by atoms with Crippen LogP contribution in [-0.2, 0) is 17.7 Å². The van der Waals surface area contributed by atoms with Gasteiger partial charge in [0.05, 0.1) is 13.2 Å². The highest BCUT2D eigenvalue weighted by Gasteiger charge is 2.31. The summed E-state index contributed by atoms with van der Waals surface area (Å²) in [5, 5.41) is 4.08. The van der Waals surface area contributed by atoms with Crippen molar-refractivity contribution >= 4 is 0 Å². The smallest absolute Gasteiger partial charge is 0.379 e. The Morgan fingerprint density at radius 1 is 1.20 bits per heavy atom. The molecule has 1 fully saturated rings. The maximum absolute atomic E-state index is 12.9. The molecule has 25 heavy (non-hydrogen) atoms. The molecule has 0 bridgehead atoms. The van der Waals surface area contributed by atoms with Gasteiger partial charge >= 0.3 is 6.18 Å². The van der Waals surface area contributed by atoms with E-state index in [1.807, 2.05) is 6.92 Å². The number of morpholine rings is 1. The maximum atomic E-state index is 12.9. The van der Waals surface area contributed by atoms with Crippen LogP contribution < -0.4 is 0 Å². The summed E-state index contributed by atoms with van der Waals surface area (Å²) in [4.78, 5) is 10.5. The SMILES string of the molecule is CC(Cc1nc(-c2ccncc2)nn1CC(F)(F)F)N1CCOCC1. The molecule has 0 aliphatic carbocycles. The van der Waals surface area contributed by atoms with Crippen LogP contribution in [0.1, 0.15) is 12.7 Å². The molecule has 1 aliphatic heterocycles. The lowest BCUT2D eigenvalue weighted by Crippen LogP contribution is -2.43. The second kappa shape index (κ2) is 7.49. The zero-order chi connectivity index (χ0) is 17.9. The molecule has 0 spiro atoms. The Kier molecular flexibility index (Phi) is 5.33. The molecule has 1 saturated heterocycles. The van der Waals surface area contributed by atoms with Crippen molar-refractivity contribution in [2.75, 3.05) is 26.3 Å². The molecule has 0 radical (unpaired) electrons. The minimum atomic E-state index is -4.35. The fraction of sp³-hybridized carbons (Fsp3) is 0.562. The minimum Gasteiger partial charge on any atom is -0.379 e. The predicted octanol–water partition coefficient (Wildman–Crippen LogP) is 2.17. The van der Waals surface area contributed by atoms with Crippen LogP contribution in [0, 0.1) is 0 Å². The molecule has 9 heteroatoms. The minimum absolute atomic E-state index is 0.0605. The molecule has 2 aromatic rings. The molecule has 0 N–H and O–H groups in total. The number of aromatic nitrogens is 4. The van der Waals surface area contributed by atoms with Crippen molar-refractivity contribution in [2.24, 2.45) is 0 Å². The lowest BCUT2D eigenvalue weighted by atomic mass is 10.2. The van der Waals surface area contributed by atoms with Crippen molar-refractivity contribution < 1.29 is 17.9 Å². The first-order chi connectivity index (χ1) is 11.9. The third-order valence-electron chi connectivity index (χ3n) is 4.16. The quantitative estimate of drug-likeness (QED) is 0.823. The second-order valence-corrected chi connectivity index (χ2v) is 6.06. The number of nitrogens with zero attached hydrogens (tertiary/aromatic N) is 5. The number of ether oxygens (including phenoxy) is 1. The van der Waals surface area contributed by atoms with E-state index >= 15 is 0 Å². The van der Waals surface area contributed by atoms with Gasteiger partial charge in [0.25, 0.3) is 0 Å². The Balaban J connectivity index is 1.83. The summed E-state index contributed by atoms with van der Waals surface area (Å²) in [5.41, 5.74) is 0.649. The summed E-state index contributed by atoms with van der Waals surface area (Å²) in [5.74, 6) is 0.624. The van der Waals surface area contributed by atoms with Crippen molar-refractivity contribution in [3.63, 3.8) is 0 Å². The Morgan fingerprint density at radius 3 is 2.52 bits per heavy atom. The Bertz CT molecular complexity index is 683. The van der Waals surface area contributed by atoms with E-state index in [2.05, 4.69) is 20.0 Å². The highest BCUT2D eigenvalue weighted by atomic mass is 19.4. The van der Waals surface area contributed by atoms with Gasteiger partial charge in [0.15, 0.2) is 5.82 Å². The molecule has 1 aliphatic rings. The fourth-order valence-corrected chi connectivity index (χ4v) is 2.86. The van der Waals surface area contributed by atoms with Crippen molar-refractivity contribution in [3.8, 4) is 11.4 Å². The lowest BCUT2D eigenvalue weighted by molar-refractivity contribution is -0.143. The van der Waals surface area contributed by atoms with Crippen LogP contribution in [0.25, 0.3) is 11.4 Å². The van der Waals surface area contributed by atoms with Gasteiger partial charge in [-0.2, -0.15) is 18.3 Å². The molecule has 2 aromatic heterocycles. The predicted molar refractivity (Wildman–Crippen MR) is 84.9 cm³/mol. The van der Waals surface area contributed by atoms with E-state index in [9.17, 15) is 13.2 Å². The summed E-state index contributed by atoms with van der Waals surface area (Å²) in [7, 11) is 0. The van der Waals surface area contributed by atoms with Gasteiger partial charge in [0.1, 0.15) is 12.4 Å².